The Labute approximate surface area is 105 Å². The average molecular weight is 243 g/mol. The molecule has 0 atom stereocenters. The second-order valence-corrected chi connectivity index (χ2v) is 4.90. The number of nitrogens with two attached hydrogens (primary N) is 1. The number of nitrogens with one attached hydrogen (secondary N) is 1. The molecule has 0 heterocycles. The lowest BCUT2D eigenvalue weighted by molar-refractivity contribution is 0.469. The van der Waals surface area contributed by atoms with Crippen LogP contribution in [0.4, 0.5) is 0 Å². The van der Waals surface area contributed by atoms with Gasteiger partial charge in [0.15, 0.2) is 0 Å². The molecule has 0 aliphatic heterocycles. The minimum Gasteiger partial charge on any atom is -0.324 e. The summed E-state index contributed by atoms with van der Waals surface area (Å²) in [5, 5.41) is 3.37. The van der Waals surface area contributed by atoms with Crippen molar-refractivity contribution < 1.29 is 0 Å². The third-order valence-electron chi connectivity index (χ3n) is 2.25. The zero-order chi connectivity index (χ0) is 11.3. The van der Waals surface area contributed by atoms with Crippen molar-refractivity contribution in [3.05, 3.63) is 35.4 Å². The quantitative estimate of drug-likeness (QED) is 0.778. The van der Waals surface area contributed by atoms with Gasteiger partial charge >= 0.3 is 0 Å². The Hall–Kier alpha value is -0.570. The van der Waals surface area contributed by atoms with Crippen molar-refractivity contribution >= 4 is 12.4 Å². The molecule has 1 aromatic carbocycles. The molecule has 2 nitrogen and oxygen atoms in total. The van der Waals surface area contributed by atoms with Crippen molar-refractivity contribution in [3.8, 4) is 0 Å². The van der Waals surface area contributed by atoms with E-state index in [0.717, 1.165) is 19.5 Å². The van der Waals surface area contributed by atoms with Gasteiger partial charge in [-0.2, -0.15) is 0 Å². The van der Waals surface area contributed by atoms with E-state index in [4.69, 9.17) is 5.73 Å². The molecular formula is C13H23ClN2. The number of hydrogen-bond acceptors (Lipinski definition) is 2. The predicted octanol–water partition coefficient (Wildman–Crippen LogP) is 2.29. The van der Waals surface area contributed by atoms with Crippen molar-refractivity contribution in [1.82, 2.24) is 5.32 Å². The van der Waals surface area contributed by atoms with Crippen LogP contribution in [-0.4, -0.2) is 18.6 Å². The second-order valence-electron chi connectivity index (χ2n) is 4.90. The zero-order valence-electron chi connectivity index (χ0n) is 10.4. The van der Waals surface area contributed by atoms with E-state index >= 15 is 0 Å². The monoisotopic (exact) mass is 242 g/mol. The fraction of sp³-hybridized carbons (Fsp3) is 0.538. The highest BCUT2D eigenvalue weighted by Gasteiger charge is 2.08. The molecule has 16 heavy (non-hydrogen) atoms. The first kappa shape index (κ1) is 15.4. The number of hydrogen-bond donors (Lipinski definition) is 2. The smallest absolute Gasteiger partial charge is 0.0223 e. The fourth-order valence-corrected chi connectivity index (χ4v) is 1.51. The van der Waals surface area contributed by atoms with Crippen LogP contribution in [-0.2, 0) is 6.42 Å². The van der Waals surface area contributed by atoms with Gasteiger partial charge in [-0.1, -0.05) is 29.8 Å². The molecule has 0 radical (unpaired) electrons. The van der Waals surface area contributed by atoms with E-state index in [9.17, 15) is 0 Å². The predicted molar refractivity (Wildman–Crippen MR) is 73.3 cm³/mol. The van der Waals surface area contributed by atoms with Crippen LogP contribution in [0, 0.1) is 6.92 Å². The van der Waals surface area contributed by atoms with Gasteiger partial charge in [-0.3, -0.25) is 0 Å². The lowest BCUT2D eigenvalue weighted by atomic mass is 10.1. The van der Waals surface area contributed by atoms with Crippen LogP contribution in [0.3, 0.4) is 0 Å². The van der Waals surface area contributed by atoms with Crippen molar-refractivity contribution in [2.75, 3.05) is 13.1 Å². The van der Waals surface area contributed by atoms with Gasteiger partial charge in [0, 0.05) is 12.1 Å². The largest absolute Gasteiger partial charge is 0.324 e. The molecular weight excluding hydrogens is 220 g/mol. The lowest BCUT2D eigenvalue weighted by Crippen LogP contribution is -2.43. The molecule has 0 aromatic heterocycles. The van der Waals surface area contributed by atoms with Gasteiger partial charge in [-0.05, 0) is 39.3 Å². The molecule has 3 heteroatoms. The molecule has 92 valence electrons. The summed E-state index contributed by atoms with van der Waals surface area (Å²) in [5.74, 6) is 0. The van der Waals surface area contributed by atoms with Gasteiger partial charge in [-0.15, -0.1) is 12.4 Å². The van der Waals surface area contributed by atoms with Crippen LogP contribution < -0.4 is 11.1 Å². The Bertz CT molecular complexity index is 305. The molecule has 0 aliphatic carbocycles. The lowest BCUT2D eigenvalue weighted by Gasteiger charge is -2.18. The summed E-state index contributed by atoms with van der Waals surface area (Å²) in [6.07, 6.45) is 1.07. The maximum absolute atomic E-state index is 5.88. The molecule has 0 bridgehead atoms. The van der Waals surface area contributed by atoms with Crippen molar-refractivity contribution in [3.63, 3.8) is 0 Å². The van der Waals surface area contributed by atoms with E-state index < -0.39 is 0 Å². The molecule has 1 aromatic rings. The van der Waals surface area contributed by atoms with Crippen LogP contribution in [0.5, 0.6) is 0 Å². The van der Waals surface area contributed by atoms with E-state index in [2.05, 4.69) is 36.5 Å². The van der Waals surface area contributed by atoms with Crippen LogP contribution in [0.25, 0.3) is 0 Å². The highest BCUT2D eigenvalue weighted by atomic mass is 35.5. The SMILES string of the molecule is Cc1cccc(CCNCC(C)(C)N)c1.Cl. The molecule has 3 N–H and O–H groups in total. The molecule has 0 unspecified atom stereocenters. The van der Waals surface area contributed by atoms with Gasteiger partial charge < -0.3 is 11.1 Å². The van der Waals surface area contributed by atoms with Crippen LogP contribution in [0.2, 0.25) is 0 Å². The number of rotatable bonds is 5. The molecule has 1 rings (SSSR count). The second kappa shape index (κ2) is 6.89. The van der Waals surface area contributed by atoms with Gasteiger partial charge in [-0.25, -0.2) is 0 Å². The maximum atomic E-state index is 5.88. The Morgan fingerprint density at radius 2 is 2.00 bits per heavy atom. The Balaban J connectivity index is 0.00000225. The summed E-state index contributed by atoms with van der Waals surface area (Å²) in [6.45, 7) is 8.04. The summed E-state index contributed by atoms with van der Waals surface area (Å²) in [6, 6.07) is 8.63. The van der Waals surface area contributed by atoms with E-state index in [0.29, 0.717) is 0 Å². The van der Waals surface area contributed by atoms with Crippen LogP contribution >= 0.6 is 12.4 Å². The summed E-state index contributed by atoms with van der Waals surface area (Å²) in [5.41, 5.74) is 8.47. The summed E-state index contributed by atoms with van der Waals surface area (Å²) in [4.78, 5) is 0. The topological polar surface area (TPSA) is 38.0 Å². The van der Waals surface area contributed by atoms with Crippen molar-refractivity contribution in [2.45, 2.75) is 32.7 Å². The standard InChI is InChI=1S/C13H22N2.ClH/c1-11-5-4-6-12(9-11)7-8-15-10-13(2,3)14;/h4-6,9,15H,7-8,10,14H2,1-3H3;1H. The molecule has 0 saturated heterocycles. The van der Waals surface area contributed by atoms with Crippen molar-refractivity contribution in [1.29, 1.82) is 0 Å². The van der Waals surface area contributed by atoms with Gasteiger partial charge in [0.05, 0.1) is 0 Å². The van der Waals surface area contributed by atoms with Crippen LogP contribution in [0.15, 0.2) is 24.3 Å². The van der Waals surface area contributed by atoms with E-state index in [1.54, 1.807) is 0 Å². The summed E-state index contributed by atoms with van der Waals surface area (Å²) < 4.78 is 0. The summed E-state index contributed by atoms with van der Waals surface area (Å²) in [7, 11) is 0. The highest BCUT2D eigenvalue weighted by molar-refractivity contribution is 5.85. The van der Waals surface area contributed by atoms with Crippen LogP contribution in [0.1, 0.15) is 25.0 Å². The molecule has 0 spiro atoms. The first-order valence-electron chi connectivity index (χ1n) is 5.52. The van der Waals surface area contributed by atoms with Gasteiger partial charge in [0.2, 0.25) is 0 Å². The third kappa shape index (κ3) is 6.83. The first-order valence-corrected chi connectivity index (χ1v) is 5.52. The molecule has 0 amide bonds. The van der Waals surface area contributed by atoms with E-state index in [1.807, 2.05) is 13.8 Å². The van der Waals surface area contributed by atoms with Gasteiger partial charge in [0.1, 0.15) is 0 Å². The van der Waals surface area contributed by atoms with Crippen molar-refractivity contribution in [2.24, 2.45) is 5.73 Å². The Kier molecular flexibility index (Phi) is 6.65. The number of benzene rings is 1. The molecule has 0 saturated carbocycles. The number of aryl methyl sites for hydroxylation is 1. The fourth-order valence-electron chi connectivity index (χ4n) is 1.51. The summed E-state index contributed by atoms with van der Waals surface area (Å²) >= 11 is 0. The normalized spacial score (nSPS) is 11.0. The van der Waals surface area contributed by atoms with E-state index in [-0.39, 0.29) is 17.9 Å². The minimum atomic E-state index is -0.118. The minimum absolute atomic E-state index is 0. The first-order chi connectivity index (χ1) is 6.97. The number of halogens is 1. The zero-order valence-corrected chi connectivity index (χ0v) is 11.2. The molecule has 0 fully saturated rings. The Morgan fingerprint density at radius 1 is 1.31 bits per heavy atom. The molecule has 0 aliphatic rings. The maximum Gasteiger partial charge on any atom is 0.0223 e. The van der Waals surface area contributed by atoms with E-state index in [1.165, 1.54) is 11.1 Å². The average Bonchev–Trinajstić information content (AvgIpc) is 2.11. The Morgan fingerprint density at radius 3 is 2.56 bits per heavy atom. The third-order valence-corrected chi connectivity index (χ3v) is 2.25. The highest BCUT2D eigenvalue weighted by Crippen LogP contribution is 2.04. The van der Waals surface area contributed by atoms with Gasteiger partial charge in [0.25, 0.3) is 0 Å².